The number of thiazole rings is 1. The quantitative estimate of drug-likeness (QED) is 0.699. The lowest BCUT2D eigenvalue weighted by Crippen LogP contribution is -1.82. The van der Waals surface area contributed by atoms with Gasteiger partial charge in [0, 0.05) is 16.5 Å². The number of phenolic OH excluding ortho intramolecular Hbond substituents is 1. The third-order valence-corrected chi connectivity index (χ3v) is 4.33. The number of hydrogen-bond acceptors (Lipinski definition) is 3. The number of rotatable bonds is 2. The standard InChI is InChI=1S/C15H9BrFNOS/c16-12-7-10(3-6-13(12)17)14-8-20-15(18-14)9-1-4-11(19)5-2-9/h1-8,19H. The Morgan fingerprint density at radius 2 is 1.75 bits per heavy atom. The maximum absolute atomic E-state index is 13.2. The molecule has 0 spiro atoms. The topological polar surface area (TPSA) is 33.1 Å². The maximum atomic E-state index is 13.2. The second-order valence-corrected chi connectivity index (χ2v) is 5.93. The number of phenols is 1. The second kappa shape index (κ2) is 5.34. The van der Waals surface area contributed by atoms with Crippen LogP contribution >= 0.6 is 27.3 Å². The van der Waals surface area contributed by atoms with Crippen molar-refractivity contribution in [2.24, 2.45) is 0 Å². The van der Waals surface area contributed by atoms with E-state index in [-0.39, 0.29) is 11.6 Å². The Kier molecular flexibility index (Phi) is 3.54. The summed E-state index contributed by atoms with van der Waals surface area (Å²) in [4.78, 5) is 4.54. The van der Waals surface area contributed by atoms with Crippen molar-refractivity contribution < 1.29 is 9.50 Å². The molecular weight excluding hydrogens is 341 g/mol. The van der Waals surface area contributed by atoms with Crippen LogP contribution in [-0.2, 0) is 0 Å². The van der Waals surface area contributed by atoms with Crippen molar-refractivity contribution in [3.63, 3.8) is 0 Å². The Balaban J connectivity index is 1.97. The average molecular weight is 350 g/mol. The largest absolute Gasteiger partial charge is 0.508 e. The average Bonchev–Trinajstić information content (AvgIpc) is 2.92. The van der Waals surface area contributed by atoms with E-state index in [0.29, 0.717) is 4.47 Å². The monoisotopic (exact) mass is 349 g/mol. The zero-order chi connectivity index (χ0) is 14.1. The van der Waals surface area contributed by atoms with Gasteiger partial charge in [-0.05, 0) is 58.4 Å². The van der Waals surface area contributed by atoms with Crippen molar-refractivity contribution in [3.8, 4) is 27.6 Å². The molecule has 0 radical (unpaired) electrons. The normalized spacial score (nSPS) is 10.7. The van der Waals surface area contributed by atoms with Gasteiger partial charge >= 0.3 is 0 Å². The molecule has 2 aromatic carbocycles. The molecule has 0 aliphatic heterocycles. The zero-order valence-electron chi connectivity index (χ0n) is 10.2. The molecule has 0 amide bonds. The maximum Gasteiger partial charge on any atom is 0.137 e. The number of benzene rings is 2. The number of aromatic nitrogens is 1. The summed E-state index contributed by atoms with van der Waals surface area (Å²) in [5.74, 6) is -0.0595. The van der Waals surface area contributed by atoms with Crippen molar-refractivity contribution in [2.45, 2.75) is 0 Å². The highest BCUT2D eigenvalue weighted by Crippen LogP contribution is 2.31. The Morgan fingerprint density at radius 1 is 1.05 bits per heavy atom. The highest BCUT2D eigenvalue weighted by atomic mass is 79.9. The van der Waals surface area contributed by atoms with Gasteiger partial charge in [0.2, 0.25) is 0 Å². The van der Waals surface area contributed by atoms with Crippen LogP contribution in [0.5, 0.6) is 5.75 Å². The zero-order valence-corrected chi connectivity index (χ0v) is 12.6. The molecule has 1 N–H and O–H groups in total. The van der Waals surface area contributed by atoms with E-state index in [1.54, 1.807) is 24.3 Å². The molecule has 2 nitrogen and oxygen atoms in total. The number of halogens is 2. The Labute approximate surface area is 127 Å². The van der Waals surface area contributed by atoms with E-state index in [1.807, 2.05) is 17.5 Å². The summed E-state index contributed by atoms with van der Waals surface area (Å²) in [5, 5.41) is 12.1. The minimum Gasteiger partial charge on any atom is -0.508 e. The number of nitrogens with zero attached hydrogens (tertiary/aromatic N) is 1. The molecule has 1 aromatic heterocycles. The van der Waals surface area contributed by atoms with E-state index in [1.165, 1.54) is 17.4 Å². The molecule has 0 saturated heterocycles. The molecule has 0 unspecified atom stereocenters. The fraction of sp³-hybridized carbons (Fsp3) is 0. The summed E-state index contributed by atoms with van der Waals surface area (Å²) in [6.45, 7) is 0. The van der Waals surface area contributed by atoms with Crippen LogP contribution in [-0.4, -0.2) is 10.1 Å². The van der Waals surface area contributed by atoms with E-state index in [4.69, 9.17) is 0 Å². The van der Waals surface area contributed by atoms with Gasteiger partial charge in [0.1, 0.15) is 16.6 Å². The van der Waals surface area contributed by atoms with Crippen molar-refractivity contribution in [2.75, 3.05) is 0 Å². The molecule has 0 aliphatic rings. The van der Waals surface area contributed by atoms with E-state index in [9.17, 15) is 9.50 Å². The lowest BCUT2D eigenvalue weighted by Gasteiger charge is -1.99. The van der Waals surface area contributed by atoms with Gasteiger partial charge < -0.3 is 5.11 Å². The first kappa shape index (κ1) is 13.3. The van der Waals surface area contributed by atoms with Crippen LogP contribution < -0.4 is 0 Å². The predicted octanol–water partition coefficient (Wildman–Crippen LogP) is 5.08. The highest BCUT2D eigenvalue weighted by Gasteiger charge is 2.08. The summed E-state index contributed by atoms with van der Waals surface area (Å²) in [6.07, 6.45) is 0. The van der Waals surface area contributed by atoms with Gasteiger partial charge in [-0.3, -0.25) is 0 Å². The van der Waals surface area contributed by atoms with E-state index >= 15 is 0 Å². The van der Waals surface area contributed by atoms with Gasteiger partial charge in [-0.1, -0.05) is 0 Å². The van der Waals surface area contributed by atoms with Crippen LogP contribution in [0.2, 0.25) is 0 Å². The molecule has 1 heterocycles. The van der Waals surface area contributed by atoms with E-state index in [0.717, 1.165) is 21.8 Å². The first-order valence-electron chi connectivity index (χ1n) is 5.84. The minimum atomic E-state index is -0.289. The SMILES string of the molecule is Oc1ccc(-c2nc(-c3ccc(F)c(Br)c3)cs2)cc1. The van der Waals surface area contributed by atoms with Gasteiger partial charge in [-0.25, -0.2) is 9.37 Å². The molecule has 0 fully saturated rings. The third-order valence-electron chi connectivity index (χ3n) is 2.83. The number of hydrogen-bond donors (Lipinski definition) is 1. The van der Waals surface area contributed by atoms with Crippen molar-refractivity contribution in [3.05, 3.63) is 58.1 Å². The lowest BCUT2D eigenvalue weighted by molar-refractivity contribution is 0.475. The molecule has 0 aliphatic carbocycles. The van der Waals surface area contributed by atoms with E-state index < -0.39 is 0 Å². The van der Waals surface area contributed by atoms with Crippen LogP contribution in [0.3, 0.4) is 0 Å². The first-order valence-corrected chi connectivity index (χ1v) is 7.51. The van der Waals surface area contributed by atoms with Crippen LogP contribution in [0.4, 0.5) is 4.39 Å². The van der Waals surface area contributed by atoms with Gasteiger partial charge in [-0.2, -0.15) is 0 Å². The molecule has 5 heteroatoms. The smallest absolute Gasteiger partial charge is 0.137 e. The van der Waals surface area contributed by atoms with Crippen LogP contribution in [0.15, 0.2) is 52.3 Å². The van der Waals surface area contributed by atoms with Crippen molar-refractivity contribution >= 4 is 27.3 Å². The third kappa shape index (κ3) is 2.59. The molecule has 0 bridgehead atoms. The fourth-order valence-electron chi connectivity index (χ4n) is 1.80. The van der Waals surface area contributed by atoms with Crippen molar-refractivity contribution in [1.82, 2.24) is 4.98 Å². The lowest BCUT2D eigenvalue weighted by atomic mass is 10.2. The van der Waals surface area contributed by atoms with Crippen LogP contribution in [0.1, 0.15) is 0 Å². The van der Waals surface area contributed by atoms with Gasteiger partial charge in [0.15, 0.2) is 0 Å². The molecule has 3 rings (SSSR count). The Morgan fingerprint density at radius 3 is 2.45 bits per heavy atom. The highest BCUT2D eigenvalue weighted by molar-refractivity contribution is 9.10. The summed E-state index contributed by atoms with van der Waals surface area (Å²) in [5.41, 5.74) is 2.61. The fourth-order valence-corrected chi connectivity index (χ4v) is 3.01. The molecule has 0 saturated carbocycles. The minimum absolute atomic E-state index is 0.230. The molecule has 20 heavy (non-hydrogen) atoms. The Hall–Kier alpha value is -1.72. The first-order chi connectivity index (χ1) is 9.63. The summed E-state index contributed by atoms with van der Waals surface area (Å²) in [7, 11) is 0. The second-order valence-electron chi connectivity index (χ2n) is 4.21. The van der Waals surface area contributed by atoms with Crippen molar-refractivity contribution in [1.29, 1.82) is 0 Å². The van der Waals surface area contributed by atoms with Gasteiger partial charge in [-0.15, -0.1) is 11.3 Å². The summed E-state index contributed by atoms with van der Waals surface area (Å²) >= 11 is 4.69. The predicted molar refractivity (Wildman–Crippen MR) is 82.3 cm³/mol. The molecule has 0 atom stereocenters. The number of aromatic hydroxyl groups is 1. The van der Waals surface area contributed by atoms with E-state index in [2.05, 4.69) is 20.9 Å². The summed E-state index contributed by atoms with van der Waals surface area (Å²) in [6, 6.07) is 11.7. The van der Waals surface area contributed by atoms with Crippen LogP contribution in [0, 0.1) is 5.82 Å². The molecule has 3 aromatic rings. The molecular formula is C15H9BrFNOS. The molecule has 100 valence electrons. The van der Waals surface area contributed by atoms with Gasteiger partial charge in [0.05, 0.1) is 10.2 Å². The van der Waals surface area contributed by atoms with Gasteiger partial charge in [0.25, 0.3) is 0 Å². The Bertz CT molecular complexity index is 755. The summed E-state index contributed by atoms with van der Waals surface area (Å²) < 4.78 is 13.7. The van der Waals surface area contributed by atoms with Crippen LogP contribution in [0.25, 0.3) is 21.8 Å².